The molecule has 0 radical (unpaired) electrons. The highest BCUT2D eigenvalue weighted by molar-refractivity contribution is 7.16. The third-order valence-electron chi connectivity index (χ3n) is 2.92. The lowest BCUT2D eigenvalue weighted by atomic mass is 10.1. The van der Waals surface area contributed by atoms with E-state index in [4.69, 9.17) is 5.26 Å². The zero-order chi connectivity index (χ0) is 13.1. The first kappa shape index (κ1) is 12.6. The van der Waals surface area contributed by atoms with Crippen LogP contribution in [0.1, 0.15) is 21.6 Å². The first-order valence-corrected chi connectivity index (χ1v) is 6.55. The summed E-state index contributed by atoms with van der Waals surface area (Å²) in [5.41, 5.74) is 3.87. The molecule has 0 aliphatic carbocycles. The average molecular weight is 257 g/mol. The van der Waals surface area contributed by atoms with Gasteiger partial charge >= 0.3 is 0 Å². The number of rotatable bonds is 3. The molecule has 3 nitrogen and oxygen atoms in total. The molecule has 0 atom stereocenters. The molecule has 0 aliphatic rings. The van der Waals surface area contributed by atoms with E-state index in [0.717, 1.165) is 11.7 Å². The van der Waals surface area contributed by atoms with Gasteiger partial charge in [0.1, 0.15) is 10.9 Å². The van der Waals surface area contributed by atoms with Gasteiger partial charge in [0.05, 0.1) is 6.20 Å². The fraction of sp³-hybridized carbons (Fsp3) is 0.286. The molecule has 0 saturated carbocycles. The van der Waals surface area contributed by atoms with Crippen molar-refractivity contribution in [1.29, 1.82) is 5.26 Å². The first-order chi connectivity index (χ1) is 8.60. The van der Waals surface area contributed by atoms with E-state index in [-0.39, 0.29) is 0 Å². The number of anilines is 1. The maximum absolute atomic E-state index is 8.79. The Balaban J connectivity index is 2.13. The van der Waals surface area contributed by atoms with Crippen LogP contribution in [-0.4, -0.2) is 12.0 Å². The van der Waals surface area contributed by atoms with Gasteiger partial charge in [-0.1, -0.05) is 29.5 Å². The number of nitriles is 1. The minimum absolute atomic E-state index is 0.650. The first-order valence-electron chi connectivity index (χ1n) is 5.73. The molecule has 92 valence electrons. The predicted molar refractivity (Wildman–Crippen MR) is 74.9 cm³/mol. The zero-order valence-corrected chi connectivity index (χ0v) is 11.6. The Morgan fingerprint density at radius 1 is 1.33 bits per heavy atom. The minimum Gasteiger partial charge on any atom is -0.347 e. The Bertz CT molecular complexity index is 595. The fourth-order valence-corrected chi connectivity index (χ4v) is 2.41. The van der Waals surface area contributed by atoms with Crippen molar-refractivity contribution in [2.45, 2.75) is 20.4 Å². The van der Waals surface area contributed by atoms with E-state index in [1.807, 2.05) is 7.05 Å². The molecule has 1 aromatic heterocycles. The van der Waals surface area contributed by atoms with E-state index in [2.05, 4.69) is 48.0 Å². The molecule has 0 bridgehead atoms. The van der Waals surface area contributed by atoms with Crippen molar-refractivity contribution in [1.82, 2.24) is 4.98 Å². The highest BCUT2D eigenvalue weighted by Crippen LogP contribution is 2.22. The van der Waals surface area contributed by atoms with Gasteiger partial charge in [-0.3, -0.25) is 0 Å². The molecule has 18 heavy (non-hydrogen) atoms. The van der Waals surface area contributed by atoms with Crippen molar-refractivity contribution in [2.75, 3.05) is 11.9 Å². The second-order valence-electron chi connectivity index (χ2n) is 4.39. The molecule has 2 rings (SSSR count). The van der Waals surface area contributed by atoms with E-state index >= 15 is 0 Å². The number of hydrogen-bond acceptors (Lipinski definition) is 4. The second kappa shape index (κ2) is 5.19. The maximum Gasteiger partial charge on any atom is 0.186 e. The van der Waals surface area contributed by atoms with Crippen LogP contribution < -0.4 is 4.90 Å². The Hall–Kier alpha value is -1.86. The van der Waals surface area contributed by atoms with Gasteiger partial charge in [0.25, 0.3) is 0 Å². The van der Waals surface area contributed by atoms with E-state index < -0.39 is 0 Å². The zero-order valence-electron chi connectivity index (χ0n) is 10.8. The number of hydrogen-bond donors (Lipinski definition) is 0. The van der Waals surface area contributed by atoms with E-state index in [1.54, 1.807) is 6.20 Å². The van der Waals surface area contributed by atoms with Crippen molar-refractivity contribution in [2.24, 2.45) is 0 Å². The van der Waals surface area contributed by atoms with Crippen molar-refractivity contribution in [3.8, 4) is 6.07 Å². The molecule has 0 fully saturated rings. The molecule has 0 amide bonds. The number of benzene rings is 1. The highest BCUT2D eigenvalue weighted by atomic mass is 32.1. The summed E-state index contributed by atoms with van der Waals surface area (Å²) in [6.07, 6.45) is 1.62. The van der Waals surface area contributed by atoms with Crippen LogP contribution >= 0.6 is 11.3 Å². The third-order valence-corrected chi connectivity index (χ3v) is 3.94. The summed E-state index contributed by atoms with van der Waals surface area (Å²) < 4.78 is 0. The summed E-state index contributed by atoms with van der Waals surface area (Å²) in [5.74, 6) is 0. The van der Waals surface area contributed by atoms with Gasteiger partial charge in [0.2, 0.25) is 0 Å². The lowest BCUT2D eigenvalue weighted by Gasteiger charge is -2.16. The molecule has 0 unspecified atom stereocenters. The largest absolute Gasteiger partial charge is 0.347 e. The Morgan fingerprint density at radius 2 is 2.11 bits per heavy atom. The lowest BCUT2D eigenvalue weighted by Crippen LogP contribution is -2.16. The fourth-order valence-electron chi connectivity index (χ4n) is 1.74. The van der Waals surface area contributed by atoms with Crippen molar-refractivity contribution in [3.05, 3.63) is 46.0 Å². The molecule has 0 N–H and O–H groups in total. The normalized spacial score (nSPS) is 10.1. The minimum atomic E-state index is 0.650. The van der Waals surface area contributed by atoms with Crippen LogP contribution in [0.3, 0.4) is 0 Å². The van der Waals surface area contributed by atoms with Crippen molar-refractivity contribution < 1.29 is 0 Å². The summed E-state index contributed by atoms with van der Waals surface area (Å²) >= 11 is 1.42. The topological polar surface area (TPSA) is 39.9 Å². The summed E-state index contributed by atoms with van der Waals surface area (Å²) in [5, 5.41) is 9.67. The summed E-state index contributed by atoms with van der Waals surface area (Å²) in [4.78, 5) is 6.96. The maximum atomic E-state index is 8.79. The average Bonchev–Trinajstić information content (AvgIpc) is 2.82. The summed E-state index contributed by atoms with van der Waals surface area (Å²) in [6, 6.07) is 8.59. The summed E-state index contributed by atoms with van der Waals surface area (Å²) in [6.45, 7) is 5.04. The van der Waals surface area contributed by atoms with Crippen LogP contribution in [0.25, 0.3) is 0 Å². The molecule has 0 spiro atoms. The second-order valence-corrected chi connectivity index (χ2v) is 5.40. The molecular weight excluding hydrogens is 242 g/mol. The van der Waals surface area contributed by atoms with Gasteiger partial charge in [-0.05, 0) is 30.5 Å². The van der Waals surface area contributed by atoms with Crippen LogP contribution in [0.2, 0.25) is 0 Å². The highest BCUT2D eigenvalue weighted by Gasteiger charge is 2.07. The Morgan fingerprint density at radius 3 is 2.72 bits per heavy atom. The molecule has 4 heteroatoms. The third kappa shape index (κ3) is 2.69. The van der Waals surface area contributed by atoms with Gasteiger partial charge < -0.3 is 4.90 Å². The van der Waals surface area contributed by atoms with E-state index in [1.165, 1.54) is 28.0 Å². The van der Waals surface area contributed by atoms with E-state index in [0.29, 0.717) is 4.88 Å². The molecular formula is C14H15N3S. The number of aryl methyl sites for hydroxylation is 2. The quantitative estimate of drug-likeness (QED) is 0.847. The molecule has 2 aromatic rings. The van der Waals surface area contributed by atoms with Gasteiger partial charge in [0.15, 0.2) is 5.13 Å². The van der Waals surface area contributed by atoms with Crippen molar-refractivity contribution in [3.63, 3.8) is 0 Å². The monoisotopic (exact) mass is 257 g/mol. The van der Waals surface area contributed by atoms with Crippen LogP contribution in [0.4, 0.5) is 5.13 Å². The smallest absolute Gasteiger partial charge is 0.186 e. The lowest BCUT2D eigenvalue weighted by molar-refractivity contribution is 0.912. The van der Waals surface area contributed by atoms with Gasteiger partial charge in [0, 0.05) is 13.6 Å². The van der Waals surface area contributed by atoms with Crippen LogP contribution in [0, 0.1) is 25.2 Å². The Labute approximate surface area is 111 Å². The molecule has 0 aliphatic heterocycles. The number of thiazole rings is 1. The van der Waals surface area contributed by atoms with Crippen LogP contribution in [0.5, 0.6) is 0 Å². The molecule has 1 aromatic carbocycles. The van der Waals surface area contributed by atoms with E-state index in [9.17, 15) is 0 Å². The van der Waals surface area contributed by atoms with Crippen LogP contribution in [0.15, 0.2) is 24.4 Å². The number of nitrogens with zero attached hydrogens (tertiary/aromatic N) is 3. The molecule has 1 heterocycles. The SMILES string of the molecule is Cc1ccc(CN(C)c2ncc(C#N)s2)cc1C. The Kier molecular flexibility index (Phi) is 3.63. The predicted octanol–water partition coefficient (Wildman–Crippen LogP) is 3.27. The van der Waals surface area contributed by atoms with Crippen molar-refractivity contribution >= 4 is 16.5 Å². The standard InChI is InChI=1S/C14H15N3S/c1-10-4-5-12(6-11(10)2)9-17(3)14-16-8-13(7-15)18-14/h4-6,8H,9H2,1-3H3. The van der Waals surface area contributed by atoms with Crippen LogP contribution in [-0.2, 0) is 6.54 Å². The number of aromatic nitrogens is 1. The summed E-state index contributed by atoms with van der Waals surface area (Å²) in [7, 11) is 2.00. The van der Waals surface area contributed by atoms with Gasteiger partial charge in [-0.15, -0.1) is 0 Å². The van der Waals surface area contributed by atoms with Gasteiger partial charge in [-0.2, -0.15) is 5.26 Å². The van der Waals surface area contributed by atoms with Gasteiger partial charge in [-0.25, -0.2) is 4.98 Å². The molecule has 0 saturated heterocycles.